The van der Waals surface area contributed by atoms with Crippen molar-refractivity contribution in [1.82, 2.24) is 5.32 Å². The van der Waals surface area contributed by atoms with Gasteiger partial charge in [-0.25, -0.2) is 8.42 Å². The molecule has 1 aliphatic heterocycles. The zero-order valence-electron chi connectivity index (χ0n) is 22.2. The molecule has 40 heavy (non-hydrogen) atoms. The SMILES string of the molecule is CC1CCCN(c2ccc(C(C)NC(=O)CN(c3ccc(Cl)c(C(F)(F)F)c3)S(=O)(=O)c3ccccc3)cc2)C1. The molecule has 2 atom stereocenters. The number of anilines is 2. The highest BCUT2D eigenvalue weighted by molar-refractivity contribution is 7.92. The molecular weight excluding hydrogens is 563 g/mol. The number of nitrogens with zero attached hydrogens (tertiary/aromatic N) is 2. The van der Waals surface area contributed by atoms with Gasteiger partial charge in [-0.15, -0.1) is 0 Å². The van der Waals surface area contributed by atoms with Crippen molar-refractivity contribution >= 4 is 38.9 Å². The van der Waals surface area contributed by atoms with Gasteiger partial charge < -0.3 is 10.2 Å². The van der Waals surface area contributed by atoms with Crippen molar-refractivity contribution in [3.63, 3.8) is 0 Å². The lowest BCUT2D eigenvalue weighted by Crippen LogP contribution is -2.41. The van der Waals surface area contributed by atoms with Crippen molar-refractivity contribution in [3.8, 4) is 0 Å². The molecule has 214 valence electrons. The van der Waals surface area contributed by atoms with Crippen LogP contribution in [0.1, 0.15) is 43.9 Å². The highest BCUT2D eigenvalue weighted by Crippen LogP contribution is 2.38. The molecule has 4 rings (SSSR count). The summed E-state index contributed by atoms with van der Waals surface area (Å²) in [6.45, 7) is 5.23. The van der Waals surface area contributed by atoms with Crippen molar-refractivity contribution in [3.05, 3.63) is 88.9 Å². The summed E-state index contributed by atoms with van der Waals surface area (Å²) in [5.41, 5.74) is 0.378. The largest absolute Gasteiger partial charge is 0.417 e. The molecule has 2 unspecified atom stereocenters. The molecular formula is C29H31ClF3N3O3S. The molecule has 6 nitrogen and oxygen atoms in total. The van der Waals surface area contributed by atoms with Crippen LogP contribution >= 0.6 is 11.6 Å². The second-order valence-electron chi connectivity index (χ2n) is 10.1. The fourth-order valence-electron chi connectivity index (χ4n) is 4.82. The maximum Gasteiger partial charge on any atom is 0.417 e. The van der Waals surface area contributed by atoms with E-state index in [9.17, 15) is 26.4 Å². The van der Waals surface area contributed by atoms with Gasteiger partial charge in [0, 0.05) is 18.8 Å². The number of alkyl halides is 3. The minimum atomic E-state index is -4.82. The Kier molecular flexibility index (Phi) is 8.99. The van der Waals surface area contributed by atoms with Gasteiger partial charge in [-0.3, -0.25) is 9.10 Å². The van der Waals surface area contributed by atoms with Gasteiger partial charge in [0.1, 0.15) is 6.54 Å². The molecule has 1 aliphatic rings. The number of hydrogen-bond donors (Lipinski definition) is 1. The van der Waals surface area contributed by atoms with Gasteiger partial charge in [0.25, 0.3) is 10.0 Å². The van der Waals surface area contributed by atoms with Crippen LogP contribution in [0.15, 0.2) is 77.7 Å². The maximum absolute atomic E-state index is 13.6. The summed E-state index contributed by atoms with van der Waals surface area (Å²) in [7, 11) is -4.39. The van der Waals surface area contributed by atoms with E-state index in [0.717, 1.165) is 42.9 Å². The standard InChI is InChI=1S/C29H31ClF3N3O3S/c1-20-7-6-16-35(18-20)23-12-10-22(11-13-23)21(2)34-28(37)19-36(40(38,39)25-8-4-3-5-9-25)24-14-15-27(30)26(17-24)29(31,32)33/h3-5,8-15,17,20-21H,6-7,16,18-19H2,1-2H3,(H,34,37). The first-order valence-corrected chi connectivity index (χ1v) is 14.8. The monoisotopic (exact) mass is 593 g/mol. The van der Waals surface area contributed by atoms with Crippen LogP contribution in [0, 0.1) is 5.92 Å². The first-order chi connectivity index (χ1) is 18.9. The van der Waals surface area contributed by atoms with Crippen LogP contribution < -0.4 is 14.5 Å². The van der Waals surface area contributed by atoms with E-state index in [1.807, 2.05) is 24.3 Å². The second-order valence-corrected chi connectivity index (χ2v) is 12.3. The summed E-state index contributed by atoms with van der Waals surface area (Å²) >= 11 is 5.76. The first kappa shape index (κ1) is 29.7. The number of amides is 1. The summed E-state index contributed by atoms with van der Waals surface area (Å²) in [5.74, 6) is -0.0564. The summed E-state index contributed by atoms with van der Waals surface area (Å²) in [6, 6.07) is 17.3. The highest BCUT2D eigenvalue weighted by atomic mass is 35.5. The van der Waals surface area contributed by atoms with E-state index in [0.29, 0.717) is 16.3 Å². The summed E-state index contributed by atoms with van der Waals surface area (Å²) in [4.78, 5) is 15.3. The van der Waals surface area contributed by atoms with Crippen molar-refractivity contribution in [2.24, 2.45) is 5.92 Å². The Morgan fingerprint density at radius 2 is 1.77 bits per heavy atom. The molecule has 3 aromatic rings. The fraction of sp³-hybridized carbons (Fsp3) is 0.345. The van der Waals surface area contributed by atoms with E-state index in [1.54, 1.807) is 13.0 Å². The number of sulfonamides is 1. The predicted molar refractivity (Wildman–Crippen MR) is 151 cm³/mol. The first-order valence-electron chi connectivity index (χ1n) is 12.9. The molecule has 3 aromatic carbocycles. The van der Waals surface area contributed by atoms with Gasteiger partial charge in [0.05, 0.1) is 27.2 Å². The third kappa shape index (κ3) is 6.90. The van der Waals surface area contributed by atoms with Gasteiger partial charge in [0.15, 0.2) is 0 Å². The minimum absolute atomic E-state index is 0.165. The van der Waals surface area contributed by atoms with E-state index in [2.05, 4.69) is 17.1 Å². The fourth-order valence-corrected chi connectivity index (χ4v) is 6.48. The molecule has 0 aromatic heterocycles. The third-order valence-electron chi connectivity index (χ3n) is 6.95. The third-order valence-corrected chi connectivity index (χ3v) is 9.07. The molecule has 0 aliphatic carbocycles. The Balaban J connectivity index is 1.56. The molecule has 1 N–H and O–H groups in total. The Morgan fingerprint density at radius 3 is 2.40 bits per heavy atom. The highest BCUT2D eigenvalue weighted by Gasteiger charge is 2.35. The molecule has 1 fully saturated rings. The average molecular weight is 594 g/mol. The molecule has 0 saturated carbocycles. The number of carbonyl (C=O) groups is 1. The zero-order chi connectivity index (χ0) is 29.1. The van der Waals surface area contributed by atoms with Crippen molar-refractivity contribution in [2.75, 3.05) is 28.8 Å². The van der Waals surface area contributed by atoms with Gasteiger partial charge in [-0.2, -0.15) is 13.2 Å². The van der Waals surface area contributed by atoms with Gasteiger partial charge >= 0.3 is 6.18 Å². The lowest BCUT2D eigenvalue weighted by molar-refractivity contribution is -0.137. The number of halogens is 4. The Morgan fingerprint density at radius 1 is 1.10 bits per heavy atom. The second kappa shape index (κ2) is 12.1. The average Bonchev–Trinajstić information content (AvgIpc) is 2.92. The van der Waals surface area contributed by atoms with Crippen LogP contribution in [0.3, 0.4) is 0 Å². The molecule has 1 amide bonds. The van der Waals surface area contributed by atoms with Crippen molar-refractivity contribution in [2.45, 2.75) is 43.8 Å². The molecule has 0 bridgehead atoms. The van der Waals surface area contributed by atoms with Crippen LogP contribution in [-0.4, -0.2) is 34.0 Å². The van der Waals surface area contributed by atoms with Crippen molar-refractivity contribution < 1.29 is 26.4 Å². The number of piperidine rings is 1. The maximum atomic E-state index is 13.6. The van der Waals surface area contributed by atoms with E-state index >= 15 is 0 Å². The molecule has 1 saturated heterocycles. The number of benzene rings is 3. The Bertz CT molecular complexity index is 1430. The summed E-state index contributed by atoms with van der Waals surface area (Å²) < 4.78 is 68.4. The molecule has 0 radical (unpaired) electrons. The van der Waals surface area contributed by atoms with Crippen LogP contribution in [0.2, 0.25) is 5.02 Å². The topological polar surface area (TPSA) is 69.7 Å². The lowest BCUT2D eigenvalue weighted by Gasteiger charge is -2.33. The predicted octanol–water partition coefficient (Wildman–Crippen LogP) is 6.67. The van der Waals surface area contributed by atoms with E-state index < -0.39 is 45.3 Å². The van der Waals surface area contributed by atoms with Gasteiger partial charge in [0.2, 0.25) is 5.91 Å². The number of rotatable bonds is 8. The Labute approximate surface area is 237 Å². The number of hydrogen-bond acceptors (Lipinski definition) is 4. The smallest absolute Gasteiger partial charge is 0.371 e. The summed E-state index contributed by atoms with van der Waals surface area (Å²) in [5, 5.41) is 2.20. The lowest BCUT2D eigenvalue weighted by atomic mass is 9.99. The van der Waals surface area contributed by atoms with Gasteiger partial charge in [-0.1, -0.05) is 48.9 Å². The molecule has 11 heteroatoms. The van der Waals surface area contributed by atoms with Crippen LogP contribution in [-0.2, 0) is 21.0 Å². The Hall–Kier alpha value is -3.24. The molecule has 0 spiro atoms. The van der Waals surface area contributed by atoms with Crippen molar-refractivity contribution in [1.29, 1.82) is 0 Å². The number of nitrogens with one attached hydrogen (secondary N) is 1. The van der Waals surface area contributed by atoms with E-state index in [-0.39, 0.29) is 10.6 Å². The zero-order valence-corrected chi connectivity index (χ0v) is 23.7. The van der Waals surface area contributed by atoms with E-state index in [1.165, 1.54) is 30.7 Å². The van der Waals surface area contributed by atoms with E-state index in [4.69, 9.17) is 11.6 Å². The normalized spacial score (nSPS) is 16.9. The number of carbonyl (C=O) groups excluding carboxylic acids is 1. The molecule has 1 heterocycles. The minimum Gasteiger partial charge on any atom is -0.371 e. The van der Waals surface area contributed by atoms with Crippen LogP contribution in [0.25, 0.3) is 0 Å². The van der Waals surface area contributed by atoms with Gasteiger partial charge in [-0.05, 0) is 73.7 Å². The van der Waals surface area contributed by atoms with Crippen LogP contribution in [0.5, 0.6) is 0 Å². The quantitative estimate of drug-likeness (QED) is 0.317. The summed E-state index contributed by atoms with van der Waals surface area (Å²) in [6.07, 6.45) is -2.47. The van der Waals surface area contributed by atoms with Crippen LogP contribution in [0.4, 0.5) is 24.5 Å².